The van der Waals surface area contributed by atoms with Gasteiger partial charge < -0.3 is 9.32 Å². The molecule has 0 aromatic carbocycles. The summed E-state index contributed by atoms with van der Waals surface area (Å²) in [6, 6.07) is 6.96. The first-order chi connectivity index (χ1) is 10.4. The Morgan fingerprint density at radius 1 is 1.41 bits per heavy atom. The second-order valence-corrected chi connectivity index (χ2v) is 8.66. The molecule has 1 saturated heterocycles. The van der Waals surface area contributed by atoms with Crippen LogP contribution >= 0.6 is 11.3 Å². The van der Waals surface area contributed by atoms with Crippen molar-refractivity contribution in [1.29, 1.82) is 0 Å². The number of furan rings is 1. The summed E-state index contributed by atoms with van der Waals surface area (Å²) in [5.74, 6) is 1.49. The average molecular weight is 339 g/mol. The molecule has 3 heterocycles. The van der Waals surface area contributed by atoms with Gasteiger partial charge in [-0.1, -0.05) is 6.07 Å². The molecular weight excluding hydrogens is 322 g/mol. The zero-order valence-electron chi connectivity index (χ0n) is 12.2. The number of nitrogens with zero attached hydrogens (tertiary/aromatic N) is 1. The summed E-state index contributed by atoms with van der Waals surface area (Å²) < 4.78 is 29.1. The zero-order chi connectivity index (χ0) is 15.7. The van der Waals surface area contributed by atoms with Crippen LogP contribution in [0.25, 0.3) is 0 Å². The highest BCUT2D eigenvalue weighted by Crippen LogP contribution is 2.24. The molecule has 3 rings (SSSR count). The molecule has 0 spiro atoms. The lowest BCUT2D eigenvalue weighted by molar-refractivity contribution is 0.0670. The molecule has 1 aliphatic heterocycles. The first-order valence-corrected chi connectivity index (χ1v) is 9.75. The van der Waals surface area contributed by atoms with Crippen LogP contribution in [0.4, 0.5) is 0 Å². The summed E-state index contributed by atoms with van der Waals surface area (Å²) in [6.45, 7) is 2.14. The van der Waals surface area contributed by atoms with Gasteiger partial charge in [-0.25, -0.2) is 8.42 Å². The van der Waals surface area contributed by atoms with Crippen molar-refractivity contribution in [2.24, 2.45) is 0 Å². The Kier molecular flexibility index (Phi) is 4.10. The van der Waals surface area contributed by atoms with Crippen LogP contribution in [0.15, 0.2) is 34.1 Å². The Morgan fingerprint density at radius 3 is 2.77 bits per heavy atom. The predicted molar refractivity (Wildman–Crippen MR) is 84.7 cm³/mol. The van der Waals surface area contributed by atoms with Crippen molar-refractivity contribution in [2.45, 2.75) is 25.9 Å². The molecule has 0 N–H and O–H groups in total. The van der Waals surface area contributed by atoms with Gasteiger partial charge in [0.15, 0.2) is 9.84 Å². The van der Waals surface area contributed by atoms with E-state index in [1.807, 2.05) is 30.5 Å². The quantitative estimate of drug-likeness (QED) is 0.858. The molecular formula is C15H17NO4S2. The molecule has 0 aliphatic carbocycles. The van der Waals surface area contributed by atoms with Gasteiger partial charge in [-0.2, -0.15) is 0 Å². The van der Waals surface area contributed by atoms with E-state index in [0.29, 0.717) is 23.6 Å². The van der Waals surface area contributed by atoms with Gasteiger partial charge in [-0.3, -0.25) is 4.79 Å². The monoisotopic (exact) mass is 339 g/mol. The molecule has 5 nitrogen and oxygen atoms in total. The lowest BCUT2D eigenvalue weighted by Gasteiger charge is -2.27. The van der Waals surface area contributed by atoms with Crippen molar-refractivity contribution in [3.05, 3.63) is 46.0 Å². The number of sulfone groups is 1. The maximum atomic E-state index is 12.7. The summed E-state index contributed by atoms with van der Waals surface area (Å²) in [5, 5.41) is 1.84. The minimum Gasteiger partial charge on any atom is -0.464 e. The number of carbonyl (C=O) groups is 1. The second-order valence-electron chi connectivity index (χ2n) is 5.48. The van der Waals surface area contributed by atoms with Crippen molar-refractivity contribution >= 4 is 27.1 Å². The average Bonchev–Trinajstić information content (AvgIpc) is 3.17. The summed E-state index contributed by atoms with van der Waals surface area (Å²) in [7, 11) is -3.05. The van der Waals surface area contributed by atoms with Gasteiger partial charge in [-0.15, -0.1) is 11.3 Å². The summed E-state index contributed by atoms with van der Waals surface area (Å²) in [6.07, 6.45) is 0.485. The van der Waals surface area contributed by atoms with E-state index in [4.69, 9.17) is 4.42 Å². The Bertz CT molecular complexity index is 761. The maximum Gasteiger partial charge on any atom is 0.264 e. The first-order valence-electron chi connectivity index (χ1n) is 7.05. The van der Waals surface area contributed by atoms with E-state index in [-0.39, 0.29) is 23.5 Å². The van der Waals surface area contributed by atoms with Crippen molar-refractivity contribution in [2.75, 3.05) is 11.5 Å². The molecule has 0 bridgehead atoms. The fourth-order valence-electron chi connectivity index (χ4n) is 2.67. The SMILES string of the molecule is Cc1ccc(CN(C(=O)c2cccs2)C2CCS(=O)(=O)C2)o1. The van der Waals surface area contributed by atoms with Crippen LogP contribution in [0.5, 0.6) is 0 Å². The van der Waals surface area contributed by atoms with Crippen LogP contribution in [-0.2, 0) is 16.4 Å². The van der Waals surface area contributed by atoms with Crippen molar-refractivity contribution in [3.63, 3.8) is 0 Å². The van der Waals surface area contributed by atoms with Gasteiger partial charge in [0.05, 0.1) is 22.9 Å². The number of hydrogen-bond donors (Lipinski definition) is 0. The van der Waals surface area contributed by atoms with E-state index in [1.54, 1.807) is 11.0 Å². The fourth-order valence-corrected chi connectivity index (χ4v) is 5.08. The number of amides is 1. The standard InChI is InChI=1S/C15H17NO4S2/c1-11-4-5-13(20-11)9-16(12-6-8-22(18,19)10-12)15(17)14-3-2-7-21-14/h2-5,7,12H,6,8-10H2,1H3. The molecule has 7 heteroatoms. The Balaban J connectivity index is 1.86. The molecule has 1 fully saturated rings. The Labute approximate surface area is 133 Å². The third-order valence-corrected chi connectivity index (χ3v) is 6.37. The molecule has 1 amide bonds. The van der Waals surface area contributed by atoms with E-state index in [9.17, 15) is 13.2 Å². The van der Waals surface area contributed by atoms with Crippen LogP contribution in [0.3, 0.4) is 0 Å². The fraction of sp³-hybridized carbons (Fsp3) is 0.400. The van der Waals surface area contributed by atoms with Gasteiger partial charge in [0.2, 0.25) is 0 Å². The molecule has 118 valence electrons. The van der Waals surface area contributed by atoms with Crippen LogP contribution < -0.4 is 0 Å². The van der Waals surface area contributed by atoms with Gasteiger partial charge >= 0.3 is 0 Å². The Morgan fingerprint density at radius 2 is 2.23 bits per heavy atom. The van der Waals surface area contributed by atoms with E-state index in [1.165, 1.54) is 11.3 Å². The highest BCUT2D eigenvalue weighted by atomic mass is 32.2. The molecule has 2 aromatic rings. The lowest BCUT2D eigenvalue weighted by atomic mass is 10.2. The van der Waals surface area contributed by atoms with E-state index >= 15 is 0 Å². The third-order valence-electron chi connectivity index (χ3n) is 3.76. The van der Waals surface area contributed by atoms with Crippen molar-refractivity contribution in [1.82, 2.24) is 4.90 Å². The van der Waals surface area contributed by atoms with Crippen LogP contribution in [0.2, 0.25) is 0 Å². The van der Waals surface area contributed by atoms with Gasteiger partial charge in [0, 0.05) is 6.04 Å². The minimum absolute atomic E-state index is 0.0316. The molecule has 0 radical (unpaired) electrons. The normalized spacial score (nSPS) is 20.1. The number of hydrogen-bond acceptors (Lipinski definition) is 5. The van der Waals surface area contributed by atoms with Crippen molar-refractivity contribution in [3.8, 4) is 0 Å². The van der Waals surface area contributed by atoms with Crippen molar-refractivity contribution < 1.29 is 17.6 Å². The second kappa shape index (κ2) is 5.89. The summed E-state index contributed by atoms with van der Waals surface area (Å²) >= 11 is 1.36. The van der Waals surface area contributed by atoms with E-state index < -0.39 is 9.84 Å². The summed E-state index contributed by atoms with van der Waals surface area (Å²) in [5.41, 5.74) is 0. The first kappa shape index (κ1) is 15.3. The van der Waals surface area contributed by atoms with Gasteiger partial charge in [0.1, 0.15) is 11.5 Å². The number of thiophene rings is 1. The highest BCUT2D eigenvalue weighted by Gasteiger charge is 2.35. The maximum absolute atomic E-state index is 12.7. The number of rotatable bonds is 4. The van der Waals surface area contributed by atoms with Crippen LogP contribution in [0, 0.1) is 6.92 Å². The highest BCUT2D eigenvalue weighted by molar-refractivity contribution is 7.91. The largest absolute Gasteiger partial charge is 0.464 e. The molecule has 0 saturated carbocycles. The van der Waals surface area contributed by atoms with Gasteiger partial charge in [0.25, 0.3) is 5.91 Å². The number of aryl methyl sites for hydroxylation is 1. The molecule has 1 atom stereocenters. The predicted octanol–water partition coefficient (Wildman–Crippen LogP) is 2.48. The molecule has 22 heavy (non-hydrogen) atoms. The molecule has 2 aromatic heterocycles. The third kappa shape index (κ3) is 3.25. The zero-order valence-corrected chi connectivity index (χ0v) is 13.8. The van der Waals surface area contributed by atoms with Gasteiger partial charge in [-0.05, 0) is 36.9 Å². The smallest absolute Gasteiger partial charge is 0.264 e. The topological polar surface area (TPSA) is 67.6 Å². The van der Waals surface area contributed by atoms with Crippen LogP contribution in [-0.4, -0.2) is 36.8 Å². The molecule has 1 unspecified atom stereocenters. The minimum atomic E-state index is -3.05. The lowest BCUT2D eigenvalue weighted by Crippen LogP contribution is -2.40. The van der Waals surface area contributed by atoms with Crippen LogP contribution in [0.1, 0.15) is 27.6 Å². The summed E-state index contributed by atoms with van der Waals surface area (Å²) in [4.78, 5) is 15.0. The molecule has 1 aliphatic rings. The number of carbonyl (C=O) groups excluding carboxylic acids is 1. The van der Waals surface area contributed by atoms with E-state index in [0.717, 1.165) is 5.76 Å². The van der Waals surface area contributed by atoms with E-state index in [2.05, 4.69) is 0 Å². The Hall–Kier alpha value is -1.60.